The second kappa shape index (κ2) is 4.86. The van der Waals surface area contributed by atoms with Gasteiger partial charge in [0, 0.05) is 33.1 Å². The third-order valence-corrected chi connectivity index (χ3v) is 2.35. The van der Waals surface area contributed by atoms with Crippen molar-refractivity contribution in [1.82, 2.24) is 9.80 Å². The predicted molar refractivity (Wildman–Crippen MR) is 56.8 cm³/mol. The van der Waals surface area contributed by atoms with Crippen molar-refractivity contribution in [3.05, 3.63) is 0 Å². The maximum absolute atomic E-state index is 11.7. The maximum atomic E-state index is 11.7. The first kappa shape index (κ1) is 11.6. The molecular formula is C9H18N4O2. The third kappa shape index (κ3) is 3.30. The molecule has 1 aliphatic rings. The Morgan fingerprint density at radius 2 is 2.13 bits per heavy atom. The molecule has 3 N–H and O–H groups in total. The number of nitrogens with zero attached hydrogens (tertiary/aromatic N) is 3. The molecule has 0 aromatic rings. The Morgan fingerprint density at radius 1 is 1.53 bits per heavy atom. The standard InChI is InChI=1S/C9H18N4O2/c1-12(2)9(14)13(7-3-4-7)6-5-8(10)11-15/h7,15H,3-6H2,1-2H3,(H2,10,11). The molecular weight excluding hydrogens is 196 g/mol. The van der Waals surface area contributed by atoms with Crippen molar-refractivity contribution in [1.29, 1.82) is 0 Å². The van der Waals surface area contributed by atoms with Gasteiger partial charge in [0.1, 0.15) is 5.84 Å². The van der Waals surface area contributed by atoms with E-state index >= 15 is 0 Å². The summed E-state index contributed by atoms with van der Waals surface area (Å²) in [6.07, 6.45) is 2.51. The molecule has 6 nitrogen and oxygen atoms in total. The molecule has 0 saturated heterocycles. The summed E-state index contributed by atoms with van der Waals surface area (Å²) in [4.78, 5) is 15.1. The van der Waals surface area contributed by atoms with Crippen LogP contribution in [0.2, 0.25) is 0 Å². The van der Waals surface area contributed by atoms with Gasteiger partial charge in [0.15, 0.2) is 0 Å². The number of rotatable bonds is 4. The van der Waals surface area contributed by atoms with Crippen molar-refractivity contribution in [3.63, 3.8) is 0 Å². The van der Waals surface area contributed by atoms with E-state index in [4.69, 9.17) is 10.9 Å². The van der Waals surface area contributed by atoms with E-state index in [0.717, 1.165) is 12.8 Å². The van der Waals surface area contributed by atoms with Crippen LogP contribution >= 0.6 is 0 Å². The second-order valence-electron chi connectivity index (χ2n) is 3.94. The van der Waals surface area contributed by atoms with Crippen LogP contribution < -0.4 is 5.73 Å². The lowest BCUT2D eigenvalue weighted by Crippen LogP contribution is -2.42. The van der Waals surface area contributed by atoms with E-state index in [0.29, 0.717) is 19.0 Å². The summed E-state index contributed by atoms with van der Waals surface area (Å²) in [5.74, 6) is 0.159. The first-order valence-electron chi connectivity index (χ1n) is 5.00. The Kier molecular flexibility index (Phi) is 3.76. The molecule has 0 aliphatic heterocycles. The van der Waals surface area contributed by atoms with E-state index in [2.05, 4.69) is 5.16 Å². The molecule has 1 rings (SSSR count). The normalized spacial score (nSPS) is 16.3. The molecule has 6 heteroatoms. The summed E-state index contributed by atoms with van der Waals surface area (Å²) in [6.45, 7) is 0.511. The van der Waals surface area contributed by atoms with Crippen molar-refractivity contribution < 1.29 is 10.0 Å². The van der Waals surface area contributed by atoms with Crippen LogP contribution in [0.15, 0.2) is 5.16 Å². The highest BCUT2D eigenvalue weighted by atomic mass is 16.4. The van der Waals surface area contributed by atoms with E-state index in [9.17, 15) is 4.79 Å². The number of urea groups is 1. The number of carbonyl (C=O) groups is 1. The molecule has 0 spiro atoms. The molecule has 0 heterocycles. The molecule has 0 unspecified atom stereocenters. The van der Waals surface area contributed by atoms with Gasteiger partial charge in [-0.25, -0.2) is 4.79 Å². The zero-order chi connectivity index (χ0) is 11.4. The topological polar surface area (TPSA) is 82.2 Å². The summed E-state index contributed by atoms with van der Waals surface area (Å²) in [5.41, 5.74) is 5.37. The fourth-order valence-corrected chi connectivity index (χ4v) is 1.36. The van der Waals surface area contributed by atoms with Crippen LogP contribution in [0.4, 0.5) is 4.79 Å². The Balaban J connectivity index is 2.48. The molecule has 2 amide bonds. The Morgan fingerprint density at radius 3 is 2.53 bits per heavy atom. The molecule has 15 heavy (non-hydrogen) atoms. The van der Waals surface area contributed by atoms with Crippen molar-refractivity contribution in [3.8, 4) is 0 Å². The van der Waals surface area contributed by atoms with E-state index in [1.54, 1.807) is 23.9 Å². The van der Waals surface area contributed by atoms with Crippen molar-refractivity contribution >= 4 is 11.9 Å². The minimum Gasteiger partial charge on any atom is -0.409 e. The fourth-order valence-electron chi connectivity index (χ4n) is 1.36. The first-order valence-corrected chi connectivity index (χ1v) is 5.00. The van der Waals surface area contributed by atoms with Gasteiger partial charge >= 0.3 is 6.03 Å². The number of oxime groups is 1. The van der Waals surface area contributed by atoms with Gasteiger partial charge in [-0.2, -0.15) is 0 Å². The van der Waals surface area contributed by atoms with Gasteiger partial charge in [-0.1, -0.05) is 5.16 Å². The summed E-state index contributed by atoms with van der Waals surface area (Å²) >= 11 is 0. The SMILES string of the molecule is CN(C)C(=O)N(CCC(N)=NO)C1CC1. The first-order chi connectivity index (χ1) is 7.06. The van der Waals surface area contributed by atoms with Crippen molar-refractivity contribution in [2.75, 3.05) is 20.6 Å². The highest BCUT2D eigenvalue weighted by Crippen LogP contribution is 2.27. The predicted octanol–water partition coefficient (Wildman–Crippen LogP) is 0.269. The lowest BCUT2D eigenvalue weighted by atomic mass is 10.3. The molecule has 86 valence electrons. The fraction of sp³-hybridized carbons (Fsp3) is 0.778. The number of carbonyl (C=O) groups excluding carboxylic acids is 1. The van der Waals surface area contributed by atoms with E-state index in [-0.39, 0.29) is 11.9 Å². The highest BCUT2D eigenvalue weighted by Gasteiger charge is 2.33. The zero-order valence-corrected chi connectivity index (χ0v) is 9.18. The van der Waals surface area contributed by atoms with Crippen LogP contribution in [0.25, 0.3) is 0 Å². The largest absolute Gasteiger partial charge is 0.409 e. The zero-order valence-electron chi connectivity index (χ0n) is 9.18. The molecule has 1 aliphatic carbocycles. The average Bonchev–Trinajstić information content (AvgIpc) is 3.01. The molecule has 0 radical (unpaired) electrons. The van der Waals surface area contributed by atoms with Gasteiger partial charge in [-0.3, -0.25) is 0 Å². The number of hydrogen-bond donors (Lipinski definition) is 2. The van der Waals surface area contributed by atoms with Gasteiger partial charge in [0.05, 0.1) is 0 Å². The maximum Gasteiger partial charge on any atom is 0.319 e. The molecule has 1 fully saturated rings. The summed E-state index contributed by atoms with van der Waals surface area (Å²) in [5, 5.41) is 11.3. The van der Waals surface area contributed by atoms with Crippen LogP contribution in [-0.2, 0) is 0 Å². The molecule has 0 bridgehead atoms. The number of amidine groups is 1. The number of nitrogens with two attached hydrogens (primary N) is 1. The number of hydrogen-bond acceptors (Lipinski definition) is 3. The summed E-state index contributed by atoms with van der Waals surface area (Å²) in [6, 6.07) is 0.328. The minimum atomic E-state index is -0.0109. The lowest BCUT2D eigenvalue weighted by Gasteiger charge is -2.25. The van der Waals surface area contributed by atoms with E-state index < -0.39 is 0 Å². The second-order valence-corrected chi connectivity index (χ2v) is 3.94. The third-order valence-electron chi connectivity index (χ3n) is 2.35. The van der Waals surface area contributed by atoms with E-state index in [1.165, 1.54) is 0 Å². The minimum absolute atomic E-state index is 0.0109. The number of amides is 2. The Labute approximate surface area is 89.3 Å². The van der Waals surface area contributed by atoms with Crippen LogP contribution in [-0.4, -0.2) is 53.6 Å². The lowest BCUT2D eigenvalue weighted by molar-refractivity contribution is 0.169. The Bertz CT molecular complexity index is 261. The summed E-state index contributed by atoms with van der Waals surface area (Å²) in [7, 11) is 3.45. The van der Waals surface area contributed by atoms with Crippen molar-refractivity contribution in [2.45, 2.75) is 25.3 Å². The molecule has 0 aromatic heterocycles. The average molecular weight is 214 g/mol. The quantitative estimate of drug-likeness (QED) is 0.305. The smallest absolute Gasteiger partial charge is 0.319 e. The van der Waals surface area contributed by atoms with Crippen LogP contribution in [0.3, 0.4) is 0 Å². The van der Waals surface area contributed by atoms with Gasteiger partial charge < -0.3 is 20.7 Å². The Hall–Kier alpha value is -1.46. The molecule has 0 aromatic carbocycles. The van der Waals surface area contributed by atoms with Crippen LogP contribution in [0.5, 0.6) is 0 Å². The van der Waals surface area contributed by atoms with Gasteiger partial charge in [-0.15, -0.1) is 0 Å². The monoisotopic (exact) mass is 214 g/mol. The summed E-state index contributed by atoms with van der Waals surface area (Å²) < 4.78 is 0. The van der Waals surface area contributed by atoms with Crippen LogP contribution in [0, 0.1) is 0 Å². The molecule has 0 atom stereocenters. The van der Waals surface area contributed by atoms with Gasteiger partial charge in [-0.05, 0) is 12.8 Å². The van der Waals surface area contributed by atoms with E-state index in [1.807, 2.05) is 0 Å². The van der Waals surface area contributed by atoms with Gasteiger partial charge in [0.25, 0.3) is 0 Å². The molecule has 1 saturated carbocycles. The van der Waals surface area contributed by atoms with Crippen molar-refractivity contribution in [2.24, 2.45) is 10.9 Å². The highest BCUT2D eigenvalue weighted by molar-refractivity contribution is 5.81. The van der Waals surface area contributed by atoms with Crippen LogP contribution in [0.1, 0.15) is 19.3 Å². The van der Waals surface area contributed by atoms with Gasteiger partial charge in [0.2, 0.25) is 0 Å².